The zero-order chi connectivity index (χ0) is 14.8. The molecule has 4 nitrogen and oxygen atoms in total. The molecule has 108 valence electrons. The number of halogens is 1. The summed E-state index contributed by atoms with van der Waals surface area (Å²) >= 11 is 0. The maximum atomic E-state index is 13.8. The molecule has 0 spiro atoms. The molecule has 21 heavy (non-hydrogen) atoms. The normalized spacial score (nSPS) is 12.7. The Morgan fingerprint density at radius 1 is 1.19 bits per heavy atom. The molecule has 1 atom stereocenters. The van der Waals surface area contributed by atoms with E-state index in [1.165, 1.54) is 6.07 Å². The van der Waals surface area contributed by atoms with E-state index in [1.807, 2.05) is 19.1 Å². The van der Waals surface area contributed by atoms with Crippen molar-refractivity contribution in [3.8, 4) is 11.4 Å². The van der Waals surface area contributed by atoms with Crippen LogP contribution in [0.4, 0.5) is 4.39 Å². The average Bonchev–Trinajstić information content (AvgIpc) is 2.98. The van der Waals surface area contributed by atoms with Gasteiger partial charge in [-0.1, -0.05) is 42.8 Å². The summed E-state index contributed by atoms with van der Waals surface area (Å²) in [5.41, 5.74) is 6.72. The van der Waals surface area contributed by atoms with Crippen LogP contribution >= 0.6 is 0 Å². The van der Waals surface area contributed by atoms with E-state index >= 15 is 0 Å². The van der Waals surface area contributed by atoms with Crippen molar-refractivity contribution in [1.29, 1.82) is 0 Å². The third-order valence-electron chi connectivity index (χ3n) is 3.47. The first-order valence-electron chi connectivity index (χ1n) is 6.97. The molecule has 0 bridgehead atoms. The number of nitrogens with two attached hydrogens (primary N) is 1. The molecule has 1 heterocycles. The van der Waals surface area contributed by atoms with E-state index in [1.54, 1.807) is 18.2 Å². The first kappa shape index (κ1) is 13.7. The van der Waals surface area contributed by atoms with E-state index < -0.39 is 0 Å². The molecule has 0 fully saturated rings. The molecule has 0 saturated heterocycles. The summed E-state index contributed by atoms with van der Waals surface area (Å²) in [7, 11) is 0. The van der Waals surface area contributed by atoms with Crippen LogP contribution in [-0.2, 0) is 0 Å². The molecule has 3 rings (SSSR count). The van der Waals surface area contributed by atoms with Crippen LogP contribution in [0.25, 0.3) is 22.2 Å². The minimum atomic E-state index is -0.263. The van der Waals surface area contributed by atoms with Crippen molar-refractivity contribution >= 4 is 10.8 Å². The van der Waals surface area contributed by atoms with Gasteiger partial charge in [0.15, 0.2) is 0 Å². The predicted molar refractivity (Wildman–Crippen MR) is 79.0 cm³/mol. The molecule has 0 aliphatic heterocycles. The molecule has 3 aromatic rings. The molecular weight excluding hydrogens is 269 g/mol. The van der Waals surface area contributed by atoms with E-state index in [0.29, 0.717) is 17.1 Å². The summed E-state index contributed by atoms with van der Waals surface area (Å²) in [6.45, 7) is 2.05. The molecule has 5 heteroatoms. The predicted octanol–water partition coefficient (Wildman–Crippen LogP) is 3.83. The summed E-state index contributed by atoms with van der Waals surface area (Å²) < 4.78 is 19.1. The zero-order valence-corrected chi connectivity index (χ0v) is 11.7. The molecule has 0 aliphatic carbocycles. The Morgan fingerprint density at radius 3 is 2.71 bits per heavy atom. The van der Waals surface area contributed by atoms with Crippen LogP contribution < -0.4 is 5.73 Å². The number of rotatable bonds is 4. The topological polar surface area (TPSA) is 64.9 Å². The smallest absolute Gasteiger partial charge is 0.243 e. The SMILES string of the molecule is CCC[C@H](N)c1nc(-c2ccc(F)c3ccccc23)no1. The second kappa shape index (κ2) is 5.61. The standard InChI is InChI=1S/C16H16FN3O/c1-2-5-14(18)16-19-15(20-21-16)12-8-9-13(17)11-7-4-3-6-10(11)12/h3-4,6-9,14H,2,5,18H2,1H3/t14-/m0/s1. The maximum Gasteiger partial charge on any atom is 0.243 e. The summed E-state index contributed by atoms with van der Waals surface area (Å²) in [5, 5.41) is 5.28. The van der Waals surface area contributed by atoms with Crippen LogP contribution in [-0.4, -0.2) is 10.1 Å². The highest BCUT2D eigenvalue weighted by Crippen LogP contribution is 2.29. The van der Waals surface area contributed by atoms with Crippen molar-refractivity contribution in [3.63, 3.8) is 0 Å². The summed E-state index contributed by atoms with van der Waals surface area (Å²) in [6.07, 6.45) is 1.73. The van der Waals surface area contributed by atoms with Crippen LogP contribution in [0.2, 0.25) is 0 Å². The fourth-order valence-corrected chi connectivity index (χ4v) is 2.39. The monoisotopic (exact) mass is 285 g/mol. The van der Waals surface area contributed by atoms with Gasteiger partial charge in [0.2, 0.25) is 11.7 Å². The van der Waals surface area contributed by atoms with Gasteiger partial charge in [-0.3, -0.25) is 0 Å². The molecule has 0 aliphatic rings. The van der Waals surface area contributed by atoms with Crippen molar-refractivity contribution in [2.75, 3.05) is 0 Å². The highest BCUT2D eigenvalue weighted by Gasteiger charge is 2.17. The van der Waals surface area contributed by atoms with Gasteiger partial charge < -0.3 is 10.3 Å². The Hall–Kier alpha value is -2.27. The molecule has 2 aromatic carbocycles. The van der Waals surface area contributed by atoms with E-state index in [2.05, 4.69) is 10.1 Å². The van der Waals surface area contributed by atoms with Crippen molar-refractivity contribution in [1.82, 2.24) is 10.1 Å². The van der Waals surface area contributed by atoms with E-state index in [4.69, 9.17) is 10.3 Å². The van der Waals surface area contributed by atoms with E-state index in [-0.39, 0.29) is 11.9 Å². The lowest BCUT2D eigenvalue weighted by molar-refractivity contribution is 0.348. The fraction of sp³-hybridized carbons (Fsp3) is 0.250. The fourth-order valence-electron chi connectivity index (χ4n) is 2.39. The van der Waals surface area contributed by atoms with Gasteiger partial charge in [0.25, 0.3) is 0 Å². The maximum absolute atomic E-state index is 13.8. The Labute approximate surface area is 121 Å². The van der Waals surface area contributed by atoms with Gasteiger partial charge in [-0.15, -0.1) is 0 Å². The van der Waals surface area contributed by atoms with Gasteiger partial charge in [0.1, 0.15) is 5.82 Å². The molecular formula is C16H16FN3O. The summed E-state index contributed by atoms with van der Waals surface area (Å²) in [5.74, 6) is 0.591. The van der Waals surface area contributed by atoms with Crippen LogP contribution in [0.5, 0.6) is 0 Å². The Balaban J connectivity index is 2.07. The number of fused-ring (bicyclic) bond motifs is 1. The first-order chi connectivity index (χ1) is 10.2. The van der Waals surface area contributed by atoms with E-state index in [9.17, 15) is 4.39 Å². The molecule has 0 radical (unpaired) electrons. The zero-order valence-electron chi connectivity index (χ0n) is 11.7. The molecule has 1 aromatic heterocycles. The van der Waals surface area contributed by atoms with Crippen molar-refractivity contribution in [2.45, 2.75) is 25.8 Å². The van der Waals surface area contributed by atoms with Gasteiger partial charge in [0.05, 0.1) is 6.04 Å². The highest BCUT2D eigenvalue weighted by atomic mass is 19.1. The Bertz CT molecular complexity index is 769. The lowest BCUT2D eigenvalue weighted by atomic mass is 10.0. The van der Waals surface area contributed by atoms with Crippen molar-refractivity contribution < 1.29 is 8.91 Å². The van der Waals surface area contributed by atoms with Gasteiger partial charge >= 0.3 is 0 Å². The van der Waals surface area contributed by atoms with Gasteiger partial charge in [-0.05, 0) is 23.9 Å². The van der Waals surface area contributed by atoms with Gasteiger partial charge in [-0.25, -0.2) is 4.39 Å². The number of nitrogens with zero attached hydrogens (tertiary/aromatic N) is 2. The van der Waals surface area contributed by atoms with Crippen LogP contribution in [0.15, 0.2) is 40.9 Å². The summed E-state index contributed by atoms with van der Waals surface area (Å²) in [6, 6.07) is 10.1. The van der Waals surface area contributed by atoms with Crippen molar-refractivity contribution in [2.24, 2.45) is 5.73 Å². The third-order valence-corrected chi connectivity index (χ3v) is 3.47. The minimum absolute atomic E-state index is 0.261. The number of hydrogen-bond donors (Lipinski definition) is 1. The van der Waals surface area contributed by atoms with Gasteiger partial charge in [0, 0.05) is 10.9 Å². The number of hydrogen-bond acceptors (Lipinski definition) is 4. The number of aromatic nitrogens is 2. The highest BCUT2D eigenvalue weighted by molar-refractivity contribution is 5.95. The second-order valence-electron chi connectivity index (χ2n) is 4.99. The molecule has 0 unspecified atom stereocenters. The van der Waals surface area contributed by atoms with Crippen LogP contribution in [0.1, 0.15) is 31.7 Å². The first-order valence-corrected chi connectivity index (χ1v) is 6.97. The average molecular weight is 285 g/mol. The quantitative estimate of drug-likeness (QED) is 0.791. The van der Waals surface area contributed by atoms with Crippen LogP contribution in [0.3, 0.4) is 0 Å². The Kier molecular flexibility index (Phi) is 3.66. The largest absolute Gasteiger partial charge is 0.337 e. The number of benzene rings is 2. The van der Waals surface area contributed by atoms with Crippen molar-refractivity contribution in [3.05, 3.63) is 48.1 Å². The lowest BCUT2D eigenvalue weighted by Gasteiger charge is -2.04. The lowest BCUT2D eigenvalue weighted by Crippen LogP contribution is -2.09. The Morgan fingerprint density at radius 2 is 1.95 bits per heavy atom. The third kappa shape index (κ3) is 2.52. The van der Waals surface area contributed by atoms with Crippen LogP contribution in [0, 0.1) is 5.82 Å². The molecule has 2 N–H and O–H groups in total. The minimum Gasteiger partial charge on any atom is -0.337 e. The molecule has 0 saturated carbocycles. The molecule has 0 amide bonds. The van der Waals surface area contributed by atoms with Gasteiger partial charge in [-0.2, -0.15) is 4.98 Å². The second-order valence-corrected chi connectivity index (χ2v) is 4.99. The summed E-state index contributed by atoms with van der Waals surface area (Å²) in [4.78, 5) is 4.35. The van der Waals surface area contributed by atoms with E-state index in [0.717, 1.165) is 23.8 Å².